The van der Waals surface area contributed by atoms with E-state index in [4.69, 9.17) is 23.2 Å². The van der Waals surface area contributed by atoms with Crippen LogP contribution in [0.3, 0.4) is 0 Å². The Labute approximate surface area is 150 Å². The van der Waals surface area contributed by atoms with Gasteiger partial charge in [-0.05, 0) is 60.2 Å². The fourth-order valence-electron chi connectivity index (χ4n) is 4.20. The third-order valence-electron chi connectivity index (χ3n) is 5.23. The highest BCUT2D eigenvalue weighted by Gasteiger charge is 2.37. The van der Waals surface area contributed by atoms with E-state index in [0.29, 0.717) is 16.0 Å². The third-order valence-corrected chi connectivity index (χ3v) is 5.78. The average molecular weight is 352 g/mol. The van der Waals surface area contributed by atoms with Crippen molar-refractivity contribution in [3.8, 4) is 11.1 Å². The van der Waals surface area contributed by atoms with Crippen molar-refractivity contribution in [2.75, 3.05) is 0 Å². The quantitative estimate of drug-likeness (QED) is 0.465. The van der Waals surface area contributed by atoms with Crippen molar-refractivity contribution >= 4 is 39.7 Å². The second-order valence-corrected chi connectivity index (χ2v) is 7.40. The van der Waals surface area contributed by atoms with Gasteiger partial charge in [-0.3, -0.25) is 4.98 Å². The van der Waals surface area contributed by atoms with Crippen LogP contribution in [-0.2, 0) is 0 Å². The molecule has 0 fully saturated rings. The highest BCUT2D eigenvalue weighted by atomic mass is 35.5. The number of fused-ring (bicyclic) bond motifs is 5. The van der Waals surface area contributed by atoms with Gasteiger partial charge in [0.05, 0.1) is 5.52 Å². The fraction of sp³-hybridized carbons (Fsp3) is 0.190. The van der Waals surface area contributed by atoms with Crippen LogP contribution < -0.4 is 0 Å². The predicted molar refractivity (Wildman–Crippen MR) is 102 cm³/mol. The van der Waals surface area contributed by atoms with Crippen LogP contribution in [0, 0.1) is 0 Å². The molecule has 3 aromatic rings. The Morgan fingerprint density at radius 3 is 2.83 bits per heavy atom. The van der Waals surface area contributed by atoms with E-state index >= 15 is 0 Å². The summed E-state index contributed by atoms with van der Waals surface area (Å²) < 4.78 is 0. The molecule has 3 heteroatoms. The molecule has 24 heavy (non-hydrogen) atoms. The lowest BCUT2D eigenvalue weighted by molar-refractivity contribution is 0.644. The molecule has 2 aromatic carbocycles. The molecule has 0 bridgehead atoms. The first kappa shape index (κ1) is 14.5. The number of rotatable bonds is 1. The Morgan fingerprint density at radius 2 is 1.96 bits per heavy atom. The number of pyridine rings is 1. The van der Waals surface area contributed by atoms with Gasteiger partial charge in [0, 0.05) is 38.7 Å². The Kier molecular flexibility index (Phi) is 3.23. The van der Waals surface area contributed by atoms with Crippen molar-refractivity contribution in [2.45, 2.75) is 25.2 Å². The highest BCUT2D eigenvalue weighted by molar-refractivity contribution is 6.36. The van der Waals surface area contributed by atoms with E-state index in [1.165, 1.54) is 46.9 Å². The Bertz CT molecular complexity index is 1020. The number of halogens is 2. The molecule has 0 saturated carbocycles. The summed E-state index contributed by atoms with van der Waals surface area (Å²) in [6, 6.07) is 12.2. The molecule has 0 amide bonds. The van der Waals surface area contributed by atoms with Crippen LogP contribution in [0.4, 0.5) is 0 Å². The smallest absolute Gasteiger partial charge is 0.0784 e. The SMILES string of the molecule is Clc1ccc(-c2c3c(cc4cccnc24)C2=CCCCC23)c(Cl)c1. The van der Waals surface area contributed by atoms with Crippen molar-refractivity contribution in [3.05, 3.63) is 69.8 Å². The summed E-state index contributed by atoms with van der Waals surface area (Å²) in [6.07, 6.45) is 7.93. The summed E-state index contributed by atoms with van der Waals surface area (Å²) in [6.45, 7) is 0. The van der Waals surface area contributed by atoms with Crippen molar-refractivity contribution in [2.24, 2.45) is 0 Å². The second kappa shape index (κ2) is 5.34. The van der Waals surface area contributed by atoms with Crippen LogP contribution in [-0.4, -0.2) is 4.98 Å². The first-order valence-corrected chi connectivity index (χ1v) is 9.07. The molecular formula is C21H15Cl2N. The lowest BCUT2D eigenvalue weighted by Crippen LogP contribution is -2.20. The van der Waals surface area contributed by atoms with Gasteiger partial charge in [-0.1, -0.05) is 41.4 Å². The molecule has 1 unspecified atom stereocenters. The molecule has 2 aliphatic rings. The van der Waals surface area contributed by atoms with E-state index in [-0.39, 0.29) is 0 Å². The van der Waals surface area contributed by atoms with E-state index in [1.54, 1.807) is 0 Å². The molecule has 118 valence electrons. The first-order chi connectivity index (χ1) is 11.7. The van der Waals surface area contributed by atoms with Crippen molar-refractivity contribution in [1.82, 2.24) is 4.98 Å². The summed E-state index contributed by atoms with van der Waals surface area (Å²) in [5.74, 6) is 0.530. The molecule has 1 atom stereocenters. The zero-order chi connectivity index (χ0) is 16.3. The van der Waals surface area contributed by atoms with Gasteiger partial charge in [0.2, 0.25) is 0 Å². The molecule has 5 rings (SSSR count). The molecule has 0 N–H and O–H groups in total. The zero-order valence-corrected chi connectivity index (χ0v) is 14.5. The third kappa shape index (κ3) is 1.98. The maximum absolute atomic E-state index is 6.56. The summed E-state index contributed by atoms with van der Waals surface area (Å²) in [5.41, 5.74) is 7.55. The Hall–Kier alpha value is -1.83. The van der Waals surface area contributed by atoms with E-state index < -0.39 is 0 Å². The minimum Gasteiger partial charge on any atom is -0.256 e. The number of allylic oxidation sites excluding steroid dienone is 2. The average Bonchev–Trinajstić information content (AvgIpc) is 2.59. The topological polar surface area (TPSA) is 12.9 Å². The largest absolute Gasteiger partial charge is 0.256 e. The van der Waals surface area contributed by atoms with Gasteiger partial charge in [0.1, 0.15) is 0 Å². The van der Waals surface area contributed by atoms with Gasteiger partial charge < -0.3 is 0 Å². The maximum atomic E-state index is 6.56. The molecule has 1 heterocycles. The summed E-state index contributed by atoms with van der Waals surface area (Å²) in [5, 5.41) is 2.52. The number of benzene rings is 2. The van der Waals surface area contributed by atoms with Crippen LogP contribution in [0.25, 0.3) is 27.6 Å². The van der Waals surface area contributed by atoms with Crippen LogP contribution in [0.15, 0.2) is 48.7 Å². The number of hydrogen-bond donors (Lipinski definition) is 0. The zero-order valence-electron chi connectivity index (χ0n) is 13.0. The molecule has 0 saturated heterocycles. The normalized spacial score (nSPS) is 18.6. The van der Waals surface area contributed by atoms with Crippen LogP contribution in [0.2, 0.25) is 10.0 Å². The van der Waals surface area contributed by atoms with Gasteiger partial charge in [-0.25, -0.2) is 0 Å². The molecule has 0 radical (unpaired) electrons. The maximum Gasteiger partial charge on any atom is 0.0784 e. The Balaban J connectivity index is 1.89. The van der Waals surface area contributed by atoms with Gasteiger partial charge >= 0.3 is 0 Å². The van der Waals surface area contributed by atoms with Crippen LogP contribution in [0.1, 0.15) is 36.3 Å². The van der Waals surface area contributed by atoms with Crippen molar-refractivity contribution < 1.29 is 0 Å². The molecule has 1 aromatic heterocycles. The highest BCUT2D eigenvalue weighted by Crippen LogP contribution is 2.56. The van der Waals surface area contributed by atoms with E-state index in [9.17, 15) is 0 Å². The molecular weight excluding hydrogens is 337 g/mol. The van der Waals surface area contributed by atoms with Gasteiger partial charge in [0.25, 0.3) is 0 Å². The van der Waals surface area contributed by atoms with Gasteiger partial charge in [-0.15, -0.1) is 0 Å². The van der Waals surface area contributed by atoms with Crippen molar-refractivity contribution in [1.29, 1.82) is 0 Å². The van der Waals surface area contributed by atoms with E-state index in [1.807, 2.05) is 30.5 Å². The van der Waals surface area contributed by atoms with Crippen molar-refractivity contribution in [3.63, 3.8) is 0 Å². The lowest BCUT2D eigenvalue weighted by atomic mass is 9.65. The monoisotopic (exact) mass is 351 g/mol. The predicted octanol–water partition coefficient (Wildman–Crippen LogP) is 6.87. The second-order valence-electron chi connectivity index (χ2n) is 6.56. The minimum atomic E-state index is 0.530. The molecule has 2 aliphatic carbocycles. The van der Waals surface area contributed by atoms with E-state index in [2.05, 4.69) is 23.2 Å². The summed E-state index contributed by atoms with van der Waals surface area (Å²) >= 11 is 12.7. The number of nitrogens with zero attached hydrogens (tertiary/aromatic N) is 1. The van der Waals surface area contributed by atoms with Gasteiger partial charge in [0.15, 0.2) is 0 Å². The van der Waals surface area contributed by atoms with Crippen LogP contribution >= 0.6 is 23.2 Å². The molecule has 0 aliphatic heterocycles. The minimum absolute atomic E-state index is 0.530. The standard InChI is InChI=1S/C21H15Cl2N/c22-13-7-8-16(18(23)11-13)20-19-15-6-2-1-5-14(15)17(19)10-12-4-3-9-24-21(12)20/h3-5,7-11,15H,1-2,6H2. The van der Waals surface area contributed by atoms with E-state index in [0.717, 1.165) is 11.1 Å². The lowest BCUT2D eigenvalue weighted by Gasteiger charge is -2.39. The molecule has 1 nitrogen and oxygen atoms in total. The first-order valence-electron chi connectivity index (χ1n) is 8.31. The van der Waals surface area contributed by atoms with Crippen LogP contribution in [0.5, 0.6) is 0 Å². The Morgan fingerprint density at radius 1 is 1.04 bits per heavy atom. The fourth-order valence-corrected chi connectivity index (χ4v) is 4.70. The van der Waals surface area contributed by atoms with Gasteiger partial charge in [-0.2, -0.15) is 0 Å². The summed E-state index contributed by atoms with van der Waals surface area (Å²) in [4.78, 5) is 4.68. The molecule has 0 spiro atoms. The number of aromatic nitrogens is 1. The summed E-state index contributed by atoms with van der Waals surface area (Å²) in [7, 11) is 0. The number of hydrogen-bond acceptors (Lipinski definition) is 1.